The number of piperidine rings is 1. The summed E-state index contributed by atoms with van der Waals surface area (Å²) in [6.45, 7) is 3.11. The van der Waals surface area contributed by atoms with Crippen molar-refractivity contribution in [2.24, 2.45) is 16.8 Å². The van der Waals surface area contributed by atoms with E-state index in [1.807, 2.05) is 23.2 Å². The Morgan fingerprint density at radius 1 is 0.972 bits per heavy atom. The molecule has 36 heavy (non-hydrogen) atoms. The third kappa shape index (κ3) is 3.71. The van der Waals surface area contributed by atoms with Gasteiger partial charge in [-0.3, -0.25) is 5.01 Å². The van der Waals surface area contributed by atoms with Crippen LogP contribution in [0.5, 0.6) is 0 Å². The molecule has 2 aromatic carbocycles. The van der Waals surface area contributed by atoms with Crippen LogP contribution in [0.3, 0.4) is 0 Å². The molecule has 6 heteroatoms. The van der Waals surface area contributed by atoms with Gasteiger partial charge >= 0.3 is 6.03 Å². The molecule has 4 aliphatic rings. The second kappa shape index (κ2) is 8.84. The fourth-order valence-corrected chi connectivity index (χ4v) is 7.01. The van der Waals surface area contributed by atoms with Crippen LogP contribution in [0.15, 0.2) is 59.6 Å². The highest BCUT2D eigenvalue weighted by atomic mass is 16.2. The number of allylic oxidation sites excluding steroid dienone is 2. The fourth-order valence-electron chi connectivity index (χ4n) is 7.01. The monoisotopic (exact) mass is 479 g/mol. The van der Waals surface area contributed by atoms with E-state index in [4.69, 9.17) is 0 Å². The molecule has 0 radical (unpaired) electrons. The number of anilines is 2. The van der Waals surface area contributed by atoms with Crippen molar-refractivity contribution >= 4 is 34.0 Å². The smallest absolute Gasteiger partial charge is 0.360 e. The van der Waals surface area contributed by atoms with Gasteiger partial charge in [-0.2, -0.15) is 4.99 Å². The molecular weight excluding hydrogens is 446 g/mol. The quantitative estimate of drug-likeness (QED) is 0.490. The van der Waals surface area contributed by atoms with Crippen LogP contribution in [0.2, 0.25) is 0 Å². The molecule has 2 atom stereocenters. The predicted molar refractivity (Wildman–Crippen MR) is 146 cm³/mol. The van der Waals surface area contributed by atoms with Crippen molar-refractivity contribution in [3.63, 3.8) is 0 Å². The van der Waals surface area contributed by atoms with Crippen LogP contribution in [0, 0.1) is 11.8 Å². The maximum Gasteiger partial charge on any atom is 0.360 e. The number of rotatable bonds is 2. The average Bonchev–Trinajstić information content (AvgIpc) is 3.50. The zero-order valence-corrected chi connectivity index (χ0v) is 20.7. The molecule has 0 spiro atoms. The number of carbonyl (C=O) groups is 1. The van der Waals surface area contributed by atoms with E-state index >= 15 is 0 Å². The number of aromatic amines is 1. The molecule has 2 aliphatic carbocycles. The SMILES string of the molecule is O=C(N=C1C=CCc2[nH]c3ccccc3c21)NN1CCc2c(N3CCC4CCCCC4C3)cccc21. The summed E-state index contributed by atoms with van der Waals surface area (Å²) in [5.41, 5.74) is 10.9. The van der Waals surface area contributed by atoms with Crippen molar-refractivity contribution in [2.45, 2.75) is 44.9 Å². The maximum atomic E-state index is 13.1. The zero-order chi connectivity index (χ0) is 24.1. The Labute approximate surface area is 212 Å². The minimum absolute atomic E-state index is 0.325. The van der Waals surface area contributed by atoms with Gasteiger partial charge in [0.2, 0.25) is 0 Å². The lowest BCUT2D eigenvalue weighted by Gasteiger charge is -2.43. The number of nitrogens with zero attached hydrogens (tertiary/aromatic N) is 3. The molecule has 1 saturated heterocycles. The molecule has 2 fully saturated rings. The lowest BCUT2D eigenvalue weighted by molar-refractivity contribution is 0.202. The zero-order valence-electron chi connectivity index (χ0n) is 20.7. The van der Waals surface area contributed by atoms with Gasteiger partial charge in [-0.05, 0) is 55.4 Å². The van der Waals surface area contributed by atoms with Gasteiger partial charge in [0.05, 0.1) is 11.4 Å². The lowest BCUT2D eigenvalue weighted by atomic mass is 9.75. The summed E-state index contributed by atoms with van der Waals surface area (Å²) in [5.74, 6) is 1.77. The first-order valence-corrected chi connectivity index (χ1v) is 13.5. The van der Waals surface area contributed by atoms with Crippen LogP contribution < -0.4 is 15.3 Å². The molecule has 1 aromatic heterocycles. The minimum Gasteiger partial charge on any atom is -0.371 e. The Morgan fingerprint density at radius 2 is 1.83 bits per heavy atom. The van der Waals surface area contributed by atoms with Crippen molar-refractivity contribution in [1.82, 2.24) is 10.4 Å². The first-order chi connectivity index (χ1) is 17.7. The summed E-state index contributed by atoms with van der Waals surface area (Å²) >= 11 is 0. The summed E-state index contributed by atoms with van der Waals surface area (Å²) in [4.78, 5) is 23.7. The molecule has 6 nitrogen and oxygen atoms in total. The fraction of sp³-hybridized carbons (Fsp3) is 0.400. The summed E-state index contributed by atoms with van der Waals surface area (Å²) in [7, 11) is 0. The number of carbonyl (C=O) groups excluding carboxylic acids is 1. The third-order valence-corrected chi connectivity index (χ3v) is 8.72. The summed E-state index contributed by atoms with van der Waals surface area (Å²) < 4.78 is 0. The molecular formula is C30H33N5O. The van der Waals surface area contributed by atoms with Crippen LogP contribution in [-0.4, -0.2) is 36.4 Å². The van der Waals surface area contributed by atoms with Gasteiger partial charge in [0.1, 0.15) is 0 Å². The third-order valence-electron chi connectivity index (χ3n) is 8.72. The second-order valence-electron chi connectivity index (χ2n) is 10.8. The molecule has 184 valence electrons. The molecule has 2 amide bonds. The Morgan fingerprint density at radius 3 is 2.78 bits per heavy atom. The van der Waals surface area contributed by atoms with Crippen molar-refractivity contribution in [3.05, 3.63) is 71.4 Å². The number of aliphatic imine (C=N–C) groups is 1. The van der Waals surface area contributed by atoms with Gasteiger partial charge in [0.25, 0.3) is 0 Å². The maximum absolute atomic E-state index is 13.1. The molecule has 3 heterocycles. The highest BCUT2D eigenvalue weighted by Gasteiger charge is 2.33. The number of nitrogens with one attached hydrogen (secondary N) is 2. The van der Waals surface area contributed by atoms with Gasteiger partial charge < -0.3 is 9.88 Å². The topological polar surface area (TPSA) is 63.7 Å². The number of benzene rings is 2. The Bertz CT molecular complexity index is 1390. The van der Waals surface area contributed by atoms with E-state index in [0.29, 0.717) is 0 Å². The van der Waals surface area contributed by atoms with Gasteiger partial charge in [-0.25, -0.2) is 10.2 Å². The highest BCUT2D eigenvalue weighted by Crippen LogP contribution is 2.41. The summed E-state index contributed by atoms with van der Waals surface area (Å²) in [5, 5.41) is 3.10. The van der Waals surface area contributed by atoms with Crippen molar-refractivity contribution in [1.29, 1.82) is 0 Å². The summed E-state index contributed by atoms with van der Waals surface area (Å²) in [6, 6.07) is 14.4. The molecule has 2 N–H and O–H groups in total. The van der Waals surface area contributed by atoms with E-state index < -0.39 is 0 Å². The van der Waals surface area contributed by atoms with Crippen molar-refractivity contribution in [2.75, 3.05) is 29.5 Å². The number of H-pyrrole nitrogens is 1. The first-order valence-electron chi connectivity index (χ1n) is 13.5. The van der Waals surface area contributed by atoms with E-state index in [1.165, 1.54) is 49.9 Å². The van der Waals surface area contributed by atoms with Gasteiger partial charge in [-0.15, -0.1) is 0 Å². The Balaban J connectivity index is 1.11. The Kier molecular flexibility index (Phi) is 5.33. The number of hydrogen-bond donors (Lipinski definition) is 2. The number of aromatic nitrogens is 1. The van der Waals surface area contributed by atoms with E-state index in [1.54, 1.807) is 0 Å². The van der Waals surface area contributed by atoms with Crippen LogP contribution in [0.25, 0.3) is 10.9 Å². The predicted octanol–water partition coefficient (Wildman–Crippen LogP) is 5.77. The number of fused-ring (bicyclic) bond motifs is 5. The largest absolute Gasteiger partial charge is 0.371 e. The standard InChI is InChI=1S/C30H33N5O/c36-30(32-26-12-5-11-25-29(26)22-9-3-4-10-24(22)31-25)33-35-18-16-23-27(13-6-14-28(23)35)34-17-15-20-7-1-2-8-21(20)19-34/h3-6,9-10,12-14,20-21,31H,1-2,7-8,11,15-19H2,(H,33,36). The second-order valence-corrected chi connectivity index (χ2v) is 10.8. The number of para-hydroxylation sites is 1. The Hall–Kier alpha value is -3.54. The van der Waals surface area contributed by atoms with Crippen LogP contribution in [0.4, 0.5) is 16.2 Å². The number of urea groups is 1. The normalized spacial score (nSPS) is 24.1. The van der Waals surface area contributed by atoms with Crippen LogP contribution in [-0.2, 0) is 12.8 Å². The number of hydrogen-bond acceptors (Lipinski definition) is 3. The molecule has 2 unspecified atom stereocenters. The van der Waals surface area contributed by atoms with Crippen molar-refractivity contribution in [3.8, 4) is 0 Å². The molecule has 1 saturated carbocycles. The number of amides is 2. The van der Waals surface area contributed by atoms with Gasteiger partial charge in [0, 0.05) is 59.5 Å². The first kappa shape index (κ1) is 21.7. The van der Waals surface area contributed by atoms with Crippen LogP contribution in [0.1, 0.15) is 48.9 Å². The average molecular weight is 480 g/mol. The minimum atomic E-state index is -0.325. The summed E-state index contributed by atoms with van der Waals surface area (Å²) in [6.07, 6.45) is 12.7. The number of hydrazine groups is 1. The van der Waals surface area contributed by atoms with E-state index in [2.05, 4.69) is 56.7 Å². The van der Waals surface area contributed by atoms with Crippen molar-refractivity contribution < 1.29 is 4.79 Å². The highest BCUT2D eigenvalue weighted by molar-refractivity contribution is 6.20. The van der Waals surface area contributed by atoms with E-state index in [-0.39, 0.29) is 6.03 Å². The lowest BCUT2D eigenvalue weighted by Crippen LogP contribution is -2.42. The molecule has 0 bridgehead atoms. The molecule has 3 aromatic rings. The molecule has 7 rings (SSSR count). The van der Waals surface area contributed by atoms with E-state index in [0.717, 1.165) is 71.3 Å². The molecule has 2 aliphatic heterocycles. The van der Waals surface area contributed by atoms with Gasteiger partial charge in [-0.1, -0.05) is 49.6 Å². The van der Waals surface area contributed by atoms with Gasteiger partial charge in [0.15, 0.2) is 0 Å². The van der Waals surface area contributed by atoms with E-state index in [9.17, 15) is 4.79 Å². The van der Waals surface area contributed by atoms with Crippen LogP contribution >= 0.6 is 0 Å².